The number of carbonyl (C=O) groups is 2. The van der Waals surface area contributed by atoms with E-state index in [4.69, 9.17) is 27.9 Å². The van der Waals surface area contributed by atoms with Crippen LogP contribution in [0.2, 0.25) is 10.0 Å². The number of benzene rings is 1. The number of hydrogen-bond acceptors (Lipinski definition) is 3. The summed E-state index contributed by atoms with van der Waals surface area (Å²) in [5.41, 5.74) is 0.133. The average molecular weight is 346 g/mol. The van der Waals surface area contributed by atoms with E-state index in [2.05, 4.69) is 5.32 Å². The number of esters is 1. The highest BCUT2D eigenvalue weighted by atomic mass is 35.5. The molecule has 0 aromatic heterocycles. The number of halogens is 2. The van der Waals surface area contributed by atoms with E-state index in [0.29, 0.717) is 41.4 Å². The highest BCUT2D eigenvalue weighted by Gasteiger charge is 2.15. The molecule has 0 radical (unpaired) electrons. The van der Waals surface area contributed by atoms with Gasteiger partial charge in [-0.05, 0) is 51.8 Å². The third kappa shape index (κ3) is 7.66. The first-order valence-corrected chi connectivity index (χ1v) is 7.90. The summed E-state index contributed by atoms with van der Waals surface area (Å²) in [4.78, 5) is 23.3. The maximum absolute atomic E-state index is 11.8. The van der Waals surface area contributed by atoms with Crippen LogP contribution in [0.25, 0.3) is 0 Å². The summed E-state index contributed by atoms with van der Waals surface area (Å²) in [7, 11) is 0. The molecule has 0 saturated carbocycles. The van der Waals surface area contributed by atoms with Gasteiger partial charge in [0.15, 0.2) is 0 Å². The molecule has 0 aliphatic carbocycles. The molecule has 0 spiro atoms. The zero-order valence-electron chi connectivity index (χ0n) is 13.0. The van der Waals surface area contributed by atoms with Gasteiger partial charge in [0.25, 0.3) is 0 Å². The molecule has 0 saturated heterocycles. The number of hydrogen-bond donors (Lipinski definition) is 1. The van der Waals surface area contributed by atoms with Crippen LogP contribution in [0.15, 0.2) is 18.2 Å². The van der Waals surface area contributed by atoms with Gasteiger partial charge in [-0.1, -0.05) is 23.2 Å². The molecular formula is C16H21Cl2NO3. The van der Waals surface area contributed by atoms with Crippen molar-refractivity contribution in [3.8, 4) is 0 Å². The first-order valence-electron chi connectivity index (χ1n) is 7.14. The fourth-order valence-corrected chi connectivity index (χ4v) is 2.04. The molecule has 0 fully saturated rings. The van der Waals surface area contributed by atoms with Crippen LogP contribution in [0, 0.1) is 0 Å². The Bertz CT molecular complexity index is 539. The van der Waals surface area contributed by atoms with Crippen molar-refractivity contribution in [3.63, 3.8) is 0 Å². The molecule has 0 aliphatic rings. The number of rotatable bonds is 6. The molecule has 0 heterocycles. The maximum atomic E-state index is 11.8. The van der Waals surface area contributed by atoms with Gasteiger partial charge in [-0.2, -0.15) is 0 Å². The standard InChI is InChI=1S/C16H21Cl2NO3/c1-16(2,3)22-15(21)7-5-4-6-14(20)19-11-8-9-12(17)13(18)10-11/h8-10H,4-7H2,1-3H3,(H,19,20). The number of carbonyl (C=O) groups excluding carboxylic acids is 2. The number of ether oxygens (including phenoxy) is 1. The molecule has 6 heteroatoms. The maximum Gasteiger partial charge on any atom is 0.306 e. The lowest BCUT2D eigenvalue weighted by Crippen LogP contribution is -2.23. The van der Waals surface area contributed by atoms with Crippen molar-refractivity contribution in [2.75, 3.05) is 5.32 Å². The van der Waals surface area contributed by atoms with Crippen molar-refractivity contribution < 1.29 is 14.3 Å². The second-order valence-corrected chi connectivity index (χ2v) is 6.79. The van der Waals surface area contributed by atoms with E-state index in [-0.39, 0.29) is 11.9 Å². The van der Waals surface area contributed by atoms with E-state index in [0.717, 1.165) is 0 Å². The molecule has 22 heavy (non-hydrogen) atoms. The molecule has 0 atom stereocenters. The lowest BCUT2D eigenvalue weighted by molar-refractivity contribution is -0.155. The molecule has 1 aromatic rings. The summed E-state index contributed by atoms with van der Waals surface area (Å²) in [6.45, 7) is 5.49. The molecule has 4 nitrogen and oxygen atoms in total. The topological polar surface area (TPSA) is 55.4 Å². The summed E-state index contributed by atoms with van der Waals surface area (Å²) >= 11 is 11.7. The van der Waals surface area contributed by atoms with Crippen LogP contribution in [0.3, 0.4) is 0 Å². The largest absolute Gasteiger partial charge is 0.460 e. The summed E-state index contributed by atoms with van der Waals surface area (Å²) in [6, 6.07) is 4.91. The van der Waals surface area contributed by atoms with Crippen LogP contribution in [-0.2, 0) is 14.3 Å². The predicted molar refractivity (Wildman–Crippen MR) is 89.4 cm³/mol. The predicted octanol–water partition coefficient (Wildman–Crippen LogP) is 4.83. The second kappa shape index (κ2) is 8.39. The minimum atomic E-state index is -0.470. The Balaban J connectivity index is 2.26. The normalized spacial score (nSPS) is 11.1. The first kappa shape index (κ1) is 18.8. The quantitative estimate of drug-likeness (QED) is 0.593. The van der Waals surface area contributed by atoms with Gasteiger partial charge in [0, 0.05) is 18.5 Å². The number of nitrogens with one attached hydrogen (secondary N) is 1. The van der Waals surface area contributed by atoms with Crippen LogP contribution < -0.4 is 5.32 Å². The van der Waals surface area contributed by atoms with Crippen molar-refractivity contribution in [2.24, 2.45) is 0 Å². The molecule has 1 amide bonds. The van der Waals surface area contributed by atoms with Crippen molar-refractivity contribution in [3.05, 3.63) is 28.2 Å². The van der Waals surface area contributed by atoms with E-state index in [1.54, 1.807) is 18.2 Å². The van der Waals surface area contributed by atoms with Crippen LogP contribution in [0.5, 0.6) is 0 Å². The Morgan fingerprint density at radius 2 is 1.73 bits per heavy atom. The minimum Gasteiger partial charge on any atom is -0.460 e. The van der Waals surface area contributed by atoms with Gasteiger partial charge < -0.3 is 10.1 Å². The summed E-state index contributed by atoms with van der Waals surface area (Å²) < 4.78 is 5.20. The van der Waals surface area contributed by atoms with E-state index in [1.165, 1.54) is 0 Å². The molecule has 1 aromatic carbocycles. The average Bonchev–Trinajstić information content (AvgIpc) is 2.37. The smallest absolute Gasteiger partial charge is 0.306 e. The second-order valence-electron chi connectivity index (χ2n) is 5.97. The molecular weight excluding hydrogens is 325 g/mol. The lowest BCUT2D eigenvalue weighted by Gasteiger charge is -2.19. The SMILES string of the molecule is CC(C)(C)OC(=O)CCCCC(=O)Nc1ccc(Cl)c(Cl)c1. The van der Waals surface area contributed by atoms with Gasteiger partial charge in [-0.25, -0.2) is 0 Å². The fraction of sp³-hybridized carbons (Fsp3) is 0.500. The van der Waals surface area contributed by atoms with Gasteiger partial charge in [0.05, 0.1) is 10.0 Å². The van der Waals surface area contributed by atoms with Crippen molar-refractivity contribution >= 4 is 40.8 Å². The summed E-state index contributed by atoms with van der Waals surface area (Å²) in [5, 5.41) is 3.57. The van der Waals surface area contributed by atoms with E-state index in [9.17, 15) is 9.59 Å². The Hall–Kier alpha value is -1.26. The van der Waals surface area contributed by atoms with Gasteiger partial charge in [0.2, 0.25) is 5.91 Å². The Kier molecular flexibility index (Phi) is 7.17. The molecule has 1 rings (SSSR count). The first-order chi connectivity index (χ1) is 10.2. The van der Waals surface area contributed by atoms with Crippen LogP contribution >= 0.6 is 23.2 Å². The van der Waals surface area contributed by atoms with E-state index in [1.807, 2.05) is 20.8 Å². The number of anilines is 1. The molecule has 0 bridgehead atoms. The van der Waals surface area contributed by atoms with Crippen LogP contribution in [-0.4, -0.2) is 17.5 Å². The molecule has 0 aliphatic heterocycles. The Labute approximate surface area is 141 Å². The summed E-state index contributed by atoms with van der Waals surface area (Å²) in [6.07, 6.45) is 1.89. The molecule has 0 unspecified atom stereocenters. The minimum absolute atomic E-state index is 0.123. The van der Waals surface area contributed by atoms with Crippen molar-refractivity contribution in [1.82, 2.24) is 0 Å². The zero-order valence-corrected chi connectivity index (χ0v) is 14.6. The van der Waals surface area contributed by atoms with Crippen molar-refractivity contribution in [1.29, 1.82) is 0 Å². The third-order valence-electron chi connectivity index (χ3n) is 2.66. The number of unbranched alkanes of at least 4 members (excludes halogenated alkanes) is 1. The highest BCUT2D eigenvalue weighted by molar-refractivity contribution is 6.42. The van der Waals surface area contributed by atoms with Gasteiger partial charge >= 0.3 is 5.97 Å². The fourth-order valence-electron chi connectivity index (χ4n) is 1.74. The zero-order chi connectivity index (χ0) is 16.8. The monoisotopic (exact) mass is 345 g/mol. The lowest BCUT2D eigenvalue weighted by atomic mass is 10.1. The van der Waals surface area contributed by atoms with E-state index < -0.39 is 5.60 Å². The van der Waals surface area contributed by atoms with Crippen LogP contribution in [0.4, 0.5) is 5.69 Å². The van der Waals surface area contributed by atoms with Gasteiger partial charge in [0.1, 0.15) is 5.60 Å². The van der Waals surface area contributed by atoms with Gasteiger partial charge in [-0.3, -0.25) is 9.59 Å². The van der Waals surface area contributed by atoms with E-state index >= 15 is 0 Å². The molecule has 122 valence electrons. The molecule has 1 N–H and O–H groups in total. The Morgan fingerprint density at radius 1 is 1.09 bits per heavy atom. The summed E-state index contributed by atoms with van der Waals surface area (Å²) in [5.74, 6) is -0.361. The number of amides is 1. The van der Waals surface area contributed by atoms with Gasteiger partial charge in [-0.15, -0.1) is 0 Å². The third-order valence-corrected chi connectivity index (χ3v) is 3.40. The Morgan fingerprint density at radius 3 is 2.32 bits per heavy atom. The van der Waals surface area contributed by atoms with Crippen LogP contribution in [0.1, 0.15) is 46.5 Å². The van der Waals surface area contributed by atoms with Crippen molar-refractivity contribution in [2.45, 2.75) is 52.1 Å². The highest BCUT2D eigenvalue weighted by Crippen LogP contribution is 2.25.